The van der Waals surface area contributed by atoms with E-state index in [-0.39, 0.29) is 47.7 Å². The molecule has 0 aromatic heterocycles. The number of likely N-dealkylation sites (tertiary alicyclic amines) is 2. The van der Waals surface area contributed by atoms with E-state index in [4.69, 9.17) is 9.73 Å². The molecule has 4 aliphatic rings. The Labute approximate surface area is 358 Å². The van der Waals surface area contributed by atoms with Gasteiger partial charge in [-0.3, -0.25) is 14.3 Å². The number of nitrogens with zero attached hydrogens (tertiary/aromatic N) is 3. The van der Waals surface area contributed by atoms with Gasteiger partial charge >= 0.3 is 12.0 Å². The fourth-order valence-corrected chi connectivity index (χ4v) is 9.83. The molecule has 6 rings (SSSR count). The Bertz CT molecular complexity index is 1950. The number of carbonyl (C=O) groups excluding carboxylic acids is 4. The molecule has 0 bridgehead atoms. The van der Waals surface area contributed by atoms with Crippen molar-refractivity contribution in [3.05, 3.63) is 82.7 Å². The number of hydrogen-bond donors (Lipinski definition) is 3. The first-order chi connectivity index (χ1) is 28.8. The number of rotatable bonds is 16. The van der Waals surface area contributed by atoms with Gasteiger partial charge in [-0.15, -0.1) is 0 Å². The zero-order chi connectivity index (χ0) is 43.0. The molecule has 2 aromatic rings. The minimum Gasteiger partial charge on any atom is -0.453 e. The standard InChI is InChI=1S/C49H68N6O5/c1-32(2)40(14-8-12-34(5)56)48(58)55(6)29-11-17-44(55)42-15-9-13-38-30-37(25-27-41(38)52-42)23-22-35-18-20-36(21-19-35)24-26-39-31-50-46(51-39)43-16-10-28-54(43)47(57)45(33(3)4)53-49(59)60-7/h18-21,24-27,30-33,40,43-46,50-51H,8-17,22-23,28-29H2,1-7H3/p+1. The van der Waals surface area contributed by atoms with Crippen LogP contribution in [0.2, 0.25) is 0 Å². The number of amides is 3. The highest BCUT2D eigenvalue weighted by Gasteiger charge is 2.50. The van der Waals surface area contributed by atoms with Crippen molar-refractivity contribution in [2.45, 2.75) is 136 Å². The van der Waals surface area contributed by atoms with Crippen molar-refractivity contribution < 1.29 is 28.4 Å². The zero-order valence-corrected chi connectivity index (χ0v) is 37.1. The van der Waals surface area contributed by atoms with E-state index in [1.54, 1.807) is 6.92 Å². The van der Waals surface area contributed by atoms with Gasteiger partial charge in [-0.05, 0) is 111 Å². The lowest BCUT2D eigenvalue weighted by Gasteiger charge is -2.37. The monoisotopic (exact) mass is 822 g/mol. The van der Waals surface area contributed by atoms with Gasteiger partial charge in [0.1, 0.15) is 24.0 Å². The number of ketones is 1. The molecule has 0 radical (unpaired) electrons. The van der Waals surface area contributed by atoms with Crippen LogP contribution in [0.25, 0.3) is 6.08 Å². The van der Waals surface area contributed by atoms with Crippen LogP contribution in [-0.4, -0.2) is 90.3 Å². The number of nitrogens with one attached hydrogen (secondary N) is 3. The van der Waals surface area contributed by atoms with Gasteiger partial charge in [0.15, 0.2) is 0 Å². The highest BCUT2D eigenvalue weighted by molar-refractivity contribution is 5.93. The Morgan fingerprint density at radius 1 is 0.950 bits per heavy atom. The van der Waals surface area contributed by atoms with E-state index in [0.29, 0.717) is 23.4 Å². The van der Waals surface area contributed by atoms with Crippen LogP contribution < -0.4 is 16.0 Å². The first-order valence-electron chi connectivity index (χ1n) is 22.5. The maximum absolute atomic E-state index is 14.2. The van der Waals surface area contributed by atoms with Crippen LogP contribution in [0.5, 0.6) is 0 Å². The number of quaternary nitrogens is 1. The van der Waals surface area contributed by atoms with Gasteiger partial charge in [-0.25, -0.2) is 9.59 Å². The molecule has 3 amide bonds. The molecular formula is C49H69N6O5+. The van der Waals surface area contributed by atoms with E-state index in [0.717, 1.165) is 94.1 Å². The Hall–Kier alpha value is -4.77. The SMILES string of the molecule is COC(=O)NC(C(=O)N1CCCC1C1NC=C(C=Cc2ccc(CCc3ccc4c(c3)CCCC(C3CCC[N+]3(C)C(=O)C(CCCC(C)=O)C(C)C)=N4)cc2)N1)C(C)C. The number of fused-ring (bicyclic) bond motifs is 1. The molecule has 6 unspecified atom stereocenters. The fraction of sp³-hybridized carbons (Fsp3) is 0.571. The summed E-state index contributed by atoms with van der Waals surface area (Å²) in [6.07, 6.45) is 16.2. The maximum Gasteiger partial charge on any atom is 0.407 e. The van der Waals surface area contributed by atoms with Gasteiger partial charge in [-0.2, -0.15) is 0 Å². The van der Waals surface area contributed by atoms with Crippen molar-refractivity contribution >= 4 is 41.2 Å². The largest absolute Gasteiger partial charge is 0.453 e. The van der Waals surface area contributed by atoms with Crippen LogP contribution in [0.15, 0.2) is 65.4 Å². The topological polar surface area (TPSA) is 129 Å². The quantitative estimate of drug-likeness (QED) is 0.148. The maximum atomic E-state index is 14.2. The van der Waals surface area contributed by atoms with Crippen molar-refractivity contribution in [1.82, 2.24) is 20.9 Å². The van der Waals surface area contributed by atoms with Crippen LogP contribution >= 0.6 is 0 Å². The summed E-state index contributed by atoms with van der Waals surface area (Å²) in [5, 5.41) is 9.71. The number of aryl methyl sites for hydroxylation is 3. The lowest BCUT2D eigenvalue weighted by Crippen LogP contribution is -2.58. The number of Topliss-reactive ketones (excluding diaryl/α,β-unsaturated/α-hetero) is 1. The summed E-state index contributed by atoms with van der Waals surface area (Å²) in [6, 6.07) is 15.0. The van der Waals surface area contributed by atoms with Crippen LogP contribution in [0.3, 0.4) is 0 Å². The third kappa shape index (κ3) is 10.7. The van der Waals surface area contributed by atoms with Gasteiger partial charge in [0.25, 0.3) is 0 Å². The lowest BCUT2D eigenvalue weighted by molar-refractivity contribution is -0.838. The highest BCUT2D eigenvalue weighted by atomic mass is 16.5. The first kappa shape index (κ1) is 44.8. The Morgan fingerprint density at radius 3 is 2.42 bits per heavy atom. The minimum absolute atomic E-state index is 0.0344. The van der Waals surface area contributed by atoms with Crippen LogP contribution in [-0.2, 0) is 38.4 Å². The predicted molar refractivity (Wildman–Crippen MR) is 238 cm³/mol. The Kier molecular flexibility index (Phi) is 15.1. The number of methoxy groups -OCH3 is 1. The Balaban J connectivity index is 1.02. The van der Waals surface area contributed by atoms with E-state index in [9.17, 15) is 19.2 Å². The summed E-state index contributed by atoms with van der Waals surface area (Å²) < 4.78 is 5.21. The van der Waals surface area contributed by atoms with E-state index < -0.39 is 12.1 Å². The van der Waals surface area contributed by atoms with Crippen molar-refractivity contribution in [1.29, 1.82) is 0 Å². The van der Waals surface area contributed by atoms with Gasteiger partial charge in [-0.1, -0.05) is 70.2 Å². The number of aliphatic imine (C=N–C) groups is 1. The normalized spacial score (nSPS) is 23.7. The zero-order valence-electron chi connectivity index (χ0n) is 37.1. The number of allylic oxidation sites excluding steroid dienone is 1. The molecule has 0 spiro atoms. The molecule has 2 fully saturated rings. The van der Waals surface area contributed by atoms with Crippen LogP contribution in [0, 0.1) is 17.8 Å². The molecule has 4 aliphatic heterocycles. The second-order valence-electron chi connectivity index (χ2n) is 18.4. The summed E-state index contributed by atoms with van der Waals surface area (Å²) in [6.45, 7) is 11.3. The Morgan fingerprint density at radius 2 is 1.70 bits per heavy atom. The third-order valence-electron chi connectivity index (χ3n) is 13.4. The molecule has 2 aromatic carbocycles. The number of carbonyl (C=O) groups is 4. The molecule has 0 aliphatic carbocycles. The van der Waals surface area contributed by atoms with Crippen molar-refractivity contribution in [2.24, 2.45) is 22.7 Å². The molecule has 11 heteroatoms. The molecule has 3 N–H and O–H groups in total. The number of benzene rings is 2. The highest BCUT2D eigenvalue weighted by Crippen LogP contribution is 2.36. The van der Waals surface area contributed by atoms with E-state index in [2.05, 4.69) is 91.5 Å². The molecule has 60 heavy (non-hydrogen) atoms. The molecule has 4 heterocycles. The van der Waals surface area contributed by atoms with E-state index >= 15 is 0 Å². The predicted octanol–water partition coefficient (Wildman–Crippen LogP) is 7.79. The number of ether oxygens (including phenoxy) is 1. The molecule has 6 atom stereocenters. The molecular weight excluding hydrogens is 753 g/mol. The second-order valence-corrected chi connectivity index (χ2v) is 18.4. The second kappa shape index (κ2) is 20.2. The summed E-state index contributed by atoms with van der Waals surface area (Å²) in [5.74, 6) is 0.576. The smallest absolute Gasteiger partial charge is 0.407 e. The van der Waals surface area contributed by atoms with E-state index in [1.807, 2.05) is 24.9 Å². The van der Waals surface area contributed by atoms with Gasteiger partial charge < -0.3 is 30.4 Å². The van der Waals surface area contributed by atoms with Crippen molar-refractivity contribution in [2.75, 3.05) is 27.2 Å². The summed E-state index contributed by atoms with van der Waals surface area (Å²) in [5.41, 5.74) is 8.23. The van der Waals surface area contributed by atoms with Gasteiger partial charge in [0, 0.05) is 32.0 Å². The molecule has 11 nitrogen and oxygen atoms in total. The number of hydrogen-bond acceptors (Lipinski definition) is 8. The lowest BCUT2D eigenvalue weighted by atomic mass is 9.87. The summed E-state index contributed by atoms with van der Waals surface area (Å²) in [4.78, 5) is 58.5. The number of alkyl carbamates (subject to hydrolysis) is 1. The molecule has 324 valence electrons. The first-order valence-corrected chi connectivity index (χ1v) is 22.5. The van der Waals surface area contributed by atoms with Gasteiger partial charge in [0.05, 0.1) is 49.8 Å². The molecule has 2 saturated heterocycles. The molecule has 0 saturated carbocycles. The average Bonchev–Trinajstić information content (AvgIpc) is 3.97. The summed E-state index contributed by atoms with van der Waals surface area (Å²) >= 11 is 0. The average molecular weight is 822 g/mol. The van der Waals surface area contributed by atoms with Crippen molar-refractivity contribution in [3.8, 4) is 0 Å². The third-order valence-corrected chi connectivity index (χ3v) is 13.4. The van der Waals surface area contributed by atoms with Crippen LogP contribution in [0.4, 0.5) is 10.5 Å². The van der Waals surface area contributed by atoms with E-state index in [1.165, 1.54) is 29.5 Å². The van der Waals surface area contributed by atoms with Crippen molar-refractivity contribution in [3.63, 3.8) is 0 Å². The van der Waals surface area contributed by atoms with Gasteiger partial charge in [0.2, 0.25) is 5.91 Å². The minimum atomic E-state index is -0.640. The van der Waals surface area contributed by atoms with Crippen LogP contribution in [0.1, 0.15) is 115 Å². The summed E-state index contributed by atoms with van der Waals surface area (Å²) in [7, 11) is 3.45. The fourth-order valence-electron chi connectivity index (χ4n) is 9.83.